The number of hydrogen-bond donors (Lipinski definition) is 2. The highest BCUT2D eigenvalue weighted by molar-refractivity contribution is 7.99. The number of nitrogens with zero attached hydrogens (tertiary/aromatic N) is 3. The maximum absolute atomic E-state index is 13.7. The van der Waals surface area contributed by atoms with Crippen molar-refractivity contribution in [2.45, 2.75) is 25.2 Å². The average Bonchev–Trinajstić information content (AvgIpc) is 3.14. The maximum Gasteiger partial charge on any atom is 0.254 e. The van der Waals surface area contributed by atoms with Crippen LogP contribution in [0.1, 0.15) is 23.1 Å². The normalized spacial score (nSPS) is 10.7. The van der Waals surface area contributed by atoms with Crippen LogP contribution in [-0.2, 0) is 17.9 Å². The molecule has 0 bridgehead atoms. The summed E-state index contributed by atoms with van der Waals surface area (Å²) in [5.41, 5.74) is 0.419. The van der Waals surface area contributed by atoms with E-state index in [0.717, 1.165) is 0 Å². The molecule has 0 spiro atoms. The Labute approximate surface area is 192 Å². The van der Waals surface area contributed by atoms with Gasteiger partial charge in [0.1, 0.15) is 5.82 Å². The lowest BCUT2D eigenvalue weighted by Crippen LogP contribution is -2.25. The molecule has 31 heavy (non-hydrogen) atoms. The molecule has 11 heteroatoms. The number of carbonyl (C=O) groups excluding carboxylic acids is 2. The molecule has 0 aliphatic rings. The number of rotatable bonds is 8. The predicted octanol–water partition coefficient (Wildman–Crippen LogP) is 4.40. The van der Waals surface area contributed by atoms with E-state index < -0.39 is 11.7 Å². The number of hydrogen-bond acceptors (Lipinski definition) is 5. The van der Waals surface area contributed by atoms with Crippen LogP contribution in [0.2, 0.25) is 10.0 Å². The largest absolute Gasteiger partial charge is 0.345 e. The highest BCUT2D eigenvalue weighted by atomic mass is 35.5. The van der Waals surface area contributed by atoms with Gasteiger partial charge in [0, 0.05) is 11.6 Å². The molecule has 0 fully saturated rings. The lowest BCUT2D eigenvalue weighted by molar-refractivity contribution is -0.113. The van der Waals surface area contributed by atoms with E-state index in [1.165, 1.54) is 30.0 Å². The molecule has 2 amide bonds. The fourth-order valence-corrected chi connectivity index (χ4v) is 3.96. The molecule has 0 aliphatic carbocycles. The summed E-state index contributed by atoms with van der Waals surface area (Å²) in [7, 11) is 0. The van der Waals surface area contributed by atoms with E-state index in [0.29, 0.717) is 33.3 Å². The lowest BCUT2D eigenvalue weighted by atomic mass is 10.2. The first-order valence-electron chi connectivity index (χ1n) is 9.21. The van der Waals surface area contributed by atoms with Crippen molar-refractivity contribution in [1.82, 2.24) is 20.1 Å². The molecule has 2 N–H and O–H groups in total. The monoisotopic (exact) mass is 481 g/mol. The summed E-state index contributed by atoms with van der Waals surface area (Å²) >= 11 is 13.1. The van der Waals surface area contributed by atoms with Gasteiger partial charge in [-0.05, 0) is 37.3 Å². The molecular formula is C20H18Cl2FN5O2S. The maximum atomic E-state index is 13.7. The minimum Gasteiger partial charge on any atom is -0.345 e. The Kier molecular flexibility index (Phi) is 7.89. The summed E-state index contributed by atoms with van der Waals surface area (Å²) in [6.45, 7) is 2.50. The minimum atomic E-state index is -0.597. The Morgan fingerprint density at radius 3 is 2.65 bits per heavy atom. The summed E-state index contributed by atoms with van der Waals surface area (Å²) in [6.07, 6.45) is 0. The summed E-state index contributed by atoms with van der Waals surface area (Å²) in [6, 6.07) is 10.5. The molecule has 3 aromatic rings. The van der Waals surface area contributed by atoms with Crippen LogP contribution in [0.15, 0.2) is 47.6 Å². The molecule has 0 atom stereocenters. The molecular weight excluding hydrogens is 464 g/mol. The first-order chi connectivity index (χ1) is 14.9. The average molecular weight is 482 g/mol. The molecule has 0 aliphatic heterocycles. The van der Waals surface area contributed by atoms with E-state index in [-0.39, 0.29) is 23.8 Å². The Balaban J connectivity index is 1.58. The molecule has 0 radical (unpaired) electrons. The summed E-state index contributed by atoms with van der Waals surface area (Å²) in [5.74, 6) is -0.833. The highest BCUT2D eigenvalue weighted by Gasteiger charge is 2.16. The van der Waals surface area contributed by atoms with E-state index in [1.54, 1.807) is 28.8 Å². The van der Waals surface area contributed by atoms with Gasteiger partial charge in [0.25, 0.3) is 5.91 Å². The van der Waals surface area contributed by atoms with Crippen LogP contribution in [0.25, 0.3) is 0 Å². The van der Waals surface area contributed by atoms with Crippen molar-refractivity contribution < 1.29 is 14.0 Å². The molecule has 7 nitrogen and oxygen atoms in total. The van der Waals surface area contributed by atoms with E-state index >= 15 is 0 Å². The first kappa shape index (κ1) is 23.1. The van der Waals surface area contributed by atoms with Gasteiger partial charge in [-0.15, -0.1) is 10.2 Å². The van der Waals surface area contributed by atoms with Crippen LogP contribution in [0.5, 0.6) is 0 Å². The zero-order valence-corrected chi connectivity index (χ0v) is 18.7. The van der Waals surface area contributed by atoms with Gasteiger partial charge in [-0.3, -0.25) is 9.59 Å². The molecule has 0 saturated carbocycles. The fraction of sp³-hybridized carbons (Fsp3) is 0.200. The van der Waals surface area contributed by atoms with Crippen molar-refractivity contribution in [1.29, 1.82) is 0 Å². The second-order valence-corrected chi connectivity index (χ2v) is 8.05. The summed E-state index contributed by atoms with van der Waals surface area (Å²) in [4.78, 5) is 24.5. The number of aromatic nitrogens is 3. The van der Waals surface area contributed by atoms with E-state index in [9.17, 15) is 14.0 Å². The van der Waals surface area contributed by atoms with Crippen molar-refractivity contribution in [2.75, 3.05) is 11.1 Å². The highest BCUT2D eigenvalue weighted by Crippen LogP contribution is 2.26. The van der Waals surface area contributed by atoms with Gasteiger partial charge in [0.05, 0.1) is 28.6 Å². The number of benzene rings is 2. The number of amides is 2. The number of thioether (sulfide) groups is 1. The summed E-state index contributed by atoms with van der Waals surface area (Å²) in [5, 5.41) is 14.9. The van der Waals surface area contributed by atoms with Crippen LogP contribution >= 0.6 is 35.0 Å². The number of halogens is 3. The zero-order valence-electron chi connectivity index (χ0n) is 16.4. The second kappa shape index (κ2) is 10.6. The third-order valence-corrected chi connectivity index (χ3v) is 5.69. The van der Waals surface area contributed by atoms with Gasteiger partial charge in [0.2, 0.25) is 5.91 Å². The second-order valence-electron chi connectivity index (χ2n) is 6.27. The molecule has 0 saturated heterocycles. The molecule has 1 heterocycles. The minimum absolute atomic E-state index is 0.0443. The van der Waals surface area contributed by atoms with Crippen LogP contribution in [0.4, 0.5) is 10.1 Å². The van der Waals surface area contributed by atoms with Gasteiger partial charge in [-0.1, -0.05) is 47.1 Å². The Morgan fingerprint density at radius 2 is 1.94 bits per heavy atom. The third-order valence-electron chi connectivity index (χ3n) is 4.17. The van der Waals surface area contributed by atoms with Crippen molar-refractivity contribution in [3.05, 3.63) is 69.7 Å². The molecule has 0 unspecified atom stereocenters. The number of carbonyl (C=O) groups is 2. The Hall–Kier alpha value is -2.62. The smallest absolute Gasteiger partial charge is 0.254 e. The zero-order chi connectivity index (χ0) is 22.4. The van der Waals surface area contributed by atoms with Gasteiger partial charge in [-0.2, -0.15) is 0 Å². The Bertz CT molecular complexity index is 1110. The fourth-order valence-electron chi connectivity index (χ4n) is 2.68. The topological polar surface area (TPSA) is 88.9 Å². The summed E-state index contributed by atoms with van der Waals surface area (Å²) < 4.78 is 15.5. The van der Waals surface area contributed by atoms with E-state index in [4.69, 9.17) is 23.2 Å². The van der Waals surface area contributed by atoms with Gasteiger partial charge >= 0.3 is 0 Å². The Morgan fingerprint density at radius 1 is 1.16 bits per heavy atom. The van der Waals surface area contributed by atoms with E-state index in [1.807, 2.05) is 6.92 Å². The van der Waals surface area contributed by atoms with Crippen molar-refractivity contribution in [2.24, 2.45) is 0 Å². The van der Waals surface area contributed by atoms with Gasteiger partial charge in [-0.25, -0.2) is 4.39 Å². The number of nitrogens with one attached hydrogen (secondary N) is 2. The van der Waals surface area contributed by atoms with Crippen LogP contribution in [0, 0.1) is 5.82 Å². The van der Waals surface area contributed by atoms with Crippen molar-refractivity contribution >= 4 is 52.5 Å². The van der Waals surface area contributed by atoms with Gasteiger partial charge in [0.15, 0.2) is 11.0 Å². The van der Waals surface area contributed by atoms with E-state index in [2.05, 4.69) is 20.8 Å². The van der Waals surface area contributed by atoms with Crippen molar-refractivity contribution in [3.63, 3.8) is 0 Å². The lowest BCUT2D eigenvalue weighted by Gasteiger charge is -2.09. The quantitative estimate of drug-likeness (QED) is 0.465. The van der Waals surface area contributed by atoms with Crippen molar-refractivity contribution in [3.8, 4) is 0 Å². The predicted molar refractivity (Wildman–Crippen MR) is 119 cm³/mol. The standard InChI is InChI=1S/C20H18Cl2FN5O2S/c1-2-28-17(10-24-19(30)13-5-3-4-6-15(13)23)26-27-20(28)31-11-18(29)25-16-8-7-12(21)9-14(16)22/h3-9H,2,10-11H2,1H3,(H,24,30)(H,25,29). The third kappa shape index (κ3) is 5.96. The molecule has 162 valence electrons. The first-order valence-corrected chi connectivity index (χ1v) is 11.0. The molecule has 3 rings (SSSR count). The van der Waals surface area contributed by atoms with Crippen LogP contribution < -0.4 is 10.6 Å². The molecule has 2 aromatic carbocycles. The van der Waals surface area contributed by atoms with Crippen LogP contribution in [0.3, 0.4) is 0 Å². The number of anilines is 1. The SMILES string of the molecule is CCn1c(CNC(=O)c2ccccc2F)nnc1SCC(=O)Nc1ccc(Cl)cc1Cl. The van der Waals surface area contributed by atoms with Crippen LogP contribution in [-0.4, -0.2) is 32.3 Å². The van der Waals surface area contributed by atoms with Gasteiger partial charge < -0.3 is 15.2 Å². The molecule has 1 aromatic heterocycles.